The number of aliphatic hydroxyl groups is 1. The van der Waals surface area contributed by atoms with Crippen molar-refractivity contribution in [2.45, 2.75) is 25.4 Å². The number of rotatable bonds is 1. The van der Waals surface area contributed by atoms with Crippen LogP contribution in [0.4, 0.5) is 10.5 Å². The van der Waals surface area contributed by atoms with E-state index < -0.39 is 5.60 Å². The molecular formula is C14H17N3O2. The first-order valence-electron chi connectivity index (χ1n) is 6.29. The SMILES string of the molecule is CC1(O)CCCN(C(=O)Nc2cccc(C#N)c2)C1. The van der Waals surface area contributed by atoms with Crippen LogP contribution in [0.1, 0.15) is 25.3 Å². The average Bonchev–Trinajstić information content (AvgIpc) is 2.37. The Bertz CT molecular complexity index is 520. The Morgan fingerprint density at radius 1 is 1.58 bits per heavy atom. The lowest BCUT2D eigenvalue weighted by atomic mass is 9.95. The number of piperidine rings is 1. The second-order valence-electron chi connectivity index (χ2n) is 5.14. The summed E-state index contributed by atoms with van der Waals surface area (Å²) in [6, 6.07) is 8.55. The summed E-state index contributed by atoms with van der Waals surface area (Å²) in [4.78, 5) is 13.7. The van der Waals surface area contributed by atoms with E-state index in [9.17, 15) is 9.90 Å². The monoisotopic (exact) mass is 259 g/mol. The number of nitrogens with zero attached hydrogens (tertiary/aromatic N) is 2. The number of nitriles is 1. The third-order valence-corrected chi connectivity index (χ3v) is 3.21. The maximum atomic E-state index is 12.1. The van der Waals surface area contributed by atoms with Crippen molar-refractivity contribution >= 4 is 11.7 Å². The molecule has 0 saturated carbocycles. The number of hydrogen-bond acceptors (Lipinski definition) is 3. The van der Waals surface area contributed by atoms with Gasteiger partial charge < -0.3 is 15.3 Å². The van der Waals surface area contributed by atoms with Crippen LogP contribution in [-0.2, 0) is 0 Å². The molecule has 1 aromatic rings. The van der Waals surface area contributed by atoms with Crippen molar-refractivity contribution in [2.24, 2.45) is 0 Å². The highest BCUT2D eigenvalue weighted by molar-refractivity contribution is 5.89. The zero-order chi connectivity index (χ0) is 13.9. The maximum absolute atomic E-state index is 12.1. The molecule has 5 nitrogen and oxygen atoms in total. The molecule has 19 heavy (non-hydrogen) atoms. The minimum absolute atomic E-state index is 0.241. The summed E-state index contributed by atoms with van der Waals surface area (Å²) >= 11 is 0. The minimum atomic E-state index is -0.815. The molecule has 5 heteroatoms. The minimum Gasteiger partial charge on any atom is -0.388 e. The zero-order valence-electron chi connectivity index (χ0n) is 10.9. The molecule has 1 fully saturated rings. The van der Waals surface area contributed by atoms with Gasteiger partial charge in [-0.2, -0.15) is 5.26 Å². The number of anilines is 1. The maximum Gasteiger partial charge on any atom is 0.321 e. The number of carbonyl (C=O) groups excluding carboxylic acids is 1. The Kier molecular flexibility index (Phi) is 3.72. The lowest BCUT2D eigenvalue weighted by molar-refractivity contribution is -0.000635. The van der Waals surface area contributed by atoms with Crippen LogP contribution in [0.3, 0.4) is 0 Å². The fourth-order valence-electron chi connectivity index (χ4n) is 2.26. The van der Waals surface area contributed by atoms with Crippen molar-refractivity contribution in [2.75, 3.05) is 18.4 Å². The molecule has 1 aromatic carbocycles. The number of urea groups is 1. The van der Waals surface area contributed by atoms with Crippen molar-refractivity contribution in [3.63, 3.8) is 0 Å². The third kappa shape index (κ3) is 3.46. The van der Waals surface area contributed by atoms with E-state index >= 15 is 0 Å². The van der Waals surface area contributed by atoms with Crippen molar-refractivity contribution in [1.29, 1.82) is 5.26 Å². The predicted octanol–water partition coefficient (Wildman–Crippen LogP) is 1.94. The van der Waals surface area contributed by atoms with Gasteiger partial charge in [-0.15, -0.1) is 0 Å². The first-order valence-corrected chi connectivity index (χ1v) is 6.29. The molecule has 1 saturated heterocycles. The summed E-state index contributed by atoms with van der Waals surface area (Å²) in [6.07, 6.45) is 1.50. The largest absolute Gasteiger partial charge is 0.388 e. The predicted molar refractivity (Wildman–Crippen MR) is 71.6 cm³/mol. The molecule has 0 spiro atoms. The highest BCUT2D eigenvalue weighted by Gasteiger charge is 2.30. The van der Waals surface area contributed by atoms with Crippen molar-refractivity contribution in [1.82, 2.24) is 4.90 Å². The topological polar surface area (TPSA) is 76.4 Å². The van der Waals surface area contributed by atoms with Crippen LogP contribution < -0.4 is 5.32 Å². The molecule has 1 aliphatic heterocycles. The lowest BCUT2D eigenvalue weighted by Crippen LogP contribution is -2.49. The normalized spacial score (nSPS) is 22.7. The summed E-state index contributed by atoms with van der Waals surface area (Å²) < 4.78 is 0. The van der Waals surface area contributed by atoms with Gasteiger partial charge in [-0.25, -0.2) is 4.79 Å². The first-order chi connectivity index (χ1) is 9.00. The van der Waals surface area contributed by atoms with Gasteiger partial charge in [0.05, 0.1) is 23.8 Å². The van der Waals surface area contributed by atoms with Gasteiger partial charge >= 0.3 is 6.03 Å². The Balaban J connectivity index is 2.02. The van der Waals surface area contributed by atoms with Crippen LogP contribution >= 0.6 is 0 Å². The smallest absolute Gasteiger partial charge is 0.321 e. The third-order valence-electron chi connectivity index (χ3n) is 3.21. The Labute approximate surface area is 112 Å². The summed E-state index contributed by atoms with van der Waals surface area (Å²) in [7, 11) is 0. The quantitative estimate of drug-likeness (QED) is 0.809. The number of hydrogen-bond donors (Lipinski definition) is 2. The van der Waals surface area contributed by atoms with Crippen LogP contribution in [0.25, 0.3) is 0 Å². The lowest BCUT2D eigenvalue weighted by Gasteiger charge is -2.36. The second-order valence-corrected chi connectivity index (χ2v) is 5.14. The van der Waals surface area contributed by atoms with Gasteiger partial charge in [0.2, 0.25) is 0 Å². The first kappa shape index (κ1) is 13.4. The summed E-state index contributed by atoms with van der Waals surface area (Å²) in [6.45, 7) is 2.71. The van der Waals surface area contributed by atoms with Gasteiger partial charge in [0.15, 0.2) is 0 Å². The van der Waals surface area contributed by atoms with E-state index in [1.54, 1.807) is 36.1 Å². The van der Waals surface area contributed by atoms with E-state index in [0.29, 0.717) is 30.8 Å². The molecule has 2 rings (SSSR count). The van der Waals surface area contributed by atoms with E-state index in [1.165, 1.54) is 0 Å². The van der Waals surface area contributed by atoms with Crippen LogP contribution in [0, 0.1) is 11.3 Å². The van der Waals surface area contributed by atoms with Gasteiger partial charge in [-0.3, -0.25) is 0 Å². The van der Waals surface area contributed by atoms with Gasteiger partial charge in [-0.1, -0.05) is 6.07 Å². The highest BCUT2D eigenvalue weighted by atomic mass is 16.3. The van der Waals surface area contributed by atoms with E-state index in [2.05, 4.69) is 5.32 Å². The van der Waals surface area contributed by atoms with Crippen molar-refractivity contribution in [3.05, 3.63) is 29.8 Å². The van der Waals surface area contributed by atoms with Gasteiger partial charge in [0.1, 0.15) is 0 Å². The molecule has 1 aliphatic rings. The van der Waals surface area contributed by atoms with Crippen molar-refractivity contribution in [3.8, 4) is 6.07 Å². The molecule has 2 N–H and O–H groups in total. The number of carbonyl (C=O) groups is 1. The molecule has 0 aliphatic carbocycles. The van der Waals surface area contributed by atoms with E-state index in [1.807, 2.05) is 6.07 Å². The van der Waals surface area contributed by atoms with Gasteiger partial charge in [0, 0.05) is 12.2 Å². The zero-order valence-corrected chi connectivity index (χ0v) is 10.9. The van der Waals surface area contributed by atoms with E-state index in [4.69, 9.17) is 5.26 Å². The Morgan fingerprint density at radius 3 is 3.05 bits per heavy atom. The molecule has 100 valence electrons. The van der Waals surface area contributed by atoms with E-state index in [0.717, 1.165) is 6.42 Å². The van der Waals surface area contributed by atoms with Crippen LogP contribution in [0.5, 0.6) is 0 Å². The van der Waals surface area contributed by atoms with Gasteiger partial charge in [-0.05, 0) is 38.0 Å². The fraction of sp³-hybridized carbons (Fsp3) is 0.429. The molecular weight excluding hydrogens is 242 g/mol. The number of amides is 2. The molecule has 2 amide bonds. The number of benzene rings is 1. The molecule has 0 aromatic heterocycles. The Morgan fingerprint density at radius 2 is 2.37 bits per heavy atom. The van der Waals surface area contributed by atoms with Crippen molar-refractivity contribution < 1.29 is 9.90 Å². The fourth-order valence-corrected chi connectivity index (χ4v) is 2.26. The number of nitrogens with one attached hydrogen (secondary N) is 1. The molecule has 1 unspecified atom stereocenters. The van der Waals surface area contributed by atoms with Crippen LogP contribution in [-0.4, -0.2) is 34.7 Å². The Hall–Kier alpha value is -2.06. The summed E-state index contributed by atoms with van der Waals surface area (Å²) in [5.74, 6) is 0. The van der Waals surface area contributed by atoms with Crippen LogP contribution in [0.15, 0.2) is 24.3 Å². The van der Waals surface area contributed by atoms with Gasteiger partial charge in [0.25, 0.3) is 0 Å². The number of likely N-dealkylation sites (tertiary alicyclic amines) is 1. The standard InChI is InChI=1S/C14H17N3O2/c1-14(19)6-3-7-17(10-14)13(18)16-12-5-2-4-11(8-12)9-15/h2,4-5,8,19H,3,6-7,10H2,1H3,(H,16,18). The molecule has 0 radical (unpaired) electrons. The summed E-state index contributed by atoms with van der Waals surface area (Å²) in [5, 5.41) is 21.5. The van der Waals surface area contributed by atoms with E-state index in [-0.39, 0.29) is 6.03 Å². The molecule has 1 atom stereocenters. The molecule has 1 heterocycles. The average molecular weight is 259 g/mol. The summed E-state index contributed by atoms with van der Waals surface area (Å²) in [5.41, 5.74) is 0.280. The molecule has 0 bridgehead atoms. The second kappa shape index (κ2) is 5.29. The number of β-amino-alcohol motifs (C(OH)–C–C–N with tert-alkyl or cyclic N) is 1. The highest BCUT2D eigenvalue weighted by Crippen LogP contribution is 2.21. The van der Waals surface area contributed by atoms with Crippen LogP contribution in [0.2, 0.25) is 0 Å².